The van der Waals surface area contributed by atoms with Gasteiger partial charge in [-0.2, -0.15) is 5.10 Å². The zero-order valence-electron chi connectivity index (χ0n) is 15.1. The molecule has 0 aliphatic carbocycles. The lowest BCUT2D eigenvalue weighted by Crippen LogP contribution is -2.58. The van der Waals surface area contributed by atoms with Gasteiger partial charge < -0.3 is 14.4 Å². The van der Waals surface area contributed by atoms with Crippen molar-refractivity contribution in [2.24, 2.45) is 0 Å². The summed E-state index contributed by atoms with van der Waals surface area (Å²) in [6.45, 7) is 8.62. The molecule has 138 valence electrons. The highest BCUT2D eigenvalue weighted by molar-refractivity contribution is 5.79. The molecule has 2 atom stereocenters. The van der Waals surface area contributed by atoms with Crippen LogP contribution in [0.2, 0.25) is 0 Å². The minimum absolute atomic E-state index is 0.121. The van der Waals surface area contributed by atoms with Crippen molar-refractivity contribution in [1.29, 1.82) is 0 Å². The van der Waals surface area contributed by atoms with Gasteiger partial charge in [-0.05, 0) is 32.8 Å². The average molecular weight is 348 g/mol. The molecule has 0 saturated carbocycles. The molecule has 0 radical (unpaired) electrons. The molecular weight excluding hydrogens is 320 g/mol. The zero-order valence-corrected chi connectivity index (χ0v) is 15.1. The van der Waals surface area contributed by atoms with Gasteiger partial charge in [0.05, 0.1) is 17.8 Å². The highest BCUT2D eigenvalue weighted by Crippen LogP contribution is 2.29. The summed E-state index contributed by atoms with van der Waals surface area (Å²) >= 11 is 0. The molecular formula is C18H28N4O3. The van der Waals surface area contributed by atoms with Crippen molar-refractivity contribution in [3.8, 4) is 0 Å². The van der Waals surface area contributed by atoms with Crippen LogP contribution in [0.3, 0.4) is 0 Å². The molecule has 3 saturated heterocycles. The SMILES string of the molecule is CC(C)n1nccc1CN1C[C@@H]2OCC(=O)N(C3CCOCC3)[C@H]2C1. The van der Waals surface area contributed by atoms with Crippen LogP contribution in [0, 0.1) is 0 Å². The summed E-state index contributed by atoms with van der Waals surface area (Å²) in [6, 6.07) is 2.91. The number of hydrogen-bond donors (Lipinski definition) is 0. The van der Waals surface area contributed by atoms with Gasteiger partial charge in [-0.25, -0.2) is 0 Å². The Balaban J connectivity index is 1.47. The molecule has 3 aliphatic rings. The van der Waals surface area contributed by atoms with Crippen LogP contribution in [0.25, 0.3) is 0 Å². The summed E-state index contributed by atoms with van der Waals surface area (Å²) in [5.41, 5.74) is 1.22. The first-order chi connectivity index (χ1) is 12.1. The second-order valence-electron chi connectivity index (χ2n) is 7.62. The number of fused-ring (bicyclic) bond motifs is 1. The van der Waals surface area contributed by atoms with Gasteiger partial charge in [0.2, 0.25) is 5.91 Å². The lowest BCUT2D eigenvalue weighted by Gasteiger charge is -2.43. The summed E-state index contributed by atoms with van der Waals surface area (Å²) in [4.78, 5) is 17.1. The van der Waals surface area contributed by atoms with E-state index in [1.165, 1.54) is 5.69 Å². The number of amides is 1. The van der Waals surface area contributed by atoms with E-state index in [9.17, 15) is 4.79 Å². The molecule has 7 nitrogen and oxygen atoms in total. The Morgan fingerprint density at radius 2 is 2.08 bits per heavy atom. The van der Waals surface area contributed by atoms with E-state index in [1.807, 2.05) is 6.20 Å². The molecule has 0 N–H and O–H groups in total. The smallest absolute Gasteiger partial charge is 0.249 e. The van der Waals surface area contributed by atoms with E-state index in [2.05, 4.69) is 39.5 Å². The molecule has 25 heavy (non-hydrogen) atoms. The Morgan fingerprint density at radius 3 is 2.84 bits per heavy atom. The highest BCUT2D eigenvalue weighted by Gasteiger charge is 2.45. The maximum atomic E-state index is 12.5. The van der Waals surface area contributed by atoms with Crippen LogP contribution in [-0.2, 0) is 20.8 Å². The van der Waals surface area contributed by atoms with E-state index >= 15 is 0 Å². The van der Waals surface area contributed by atoms with Crippen molar-refractivity contribution in [3.63, 3.8) is 0 Å². The lowest BCUT2D eigenvalue weighted by atomic mass is 10.0. The third kappa shape index (κ3) is 3.32. The van der Waals surface area contributed by atoms with Crippen LogP contribution in [0.1, 0.15) is 38.4 Å². The van der Waals surface area contributed by atoms with Crippen molar-refractivity contribution in [1.82, 2.24) is 19.6 Å². The second-order valence-corrected chi connectivity index (χ2v) is 7.62. The Hall–Kier alpha value is -1.44. The number of ether oxygens (including phenoxy) is 2. The van der Waals surface area contributed by atoms with E-state index in [4.69, 9.17) is 9.47 Å². The first-order valence-electron chi connectivity index (χ1n) is 9.38. The number of carbonyl (C=O) groups is 1. The van der Waals surface area contributed by atoms with Crippen molar-refractivity contribution < 1.29 is 14.3 Å². The number of rotatable bonds is 4. The van der Waals surface area contributed by atoms with Crippen molar-refractivity contribution >= 4 is 5.91 Å². The van der Waals surface area contributed by atoms with Crippen molar-refractivity contribution in [3.05, 3.63) is 18.0 Å². The van der Waals surface area contributed by atoms with Crippen LogP contribution in [0.4, 0.5) is 0 Å². The largest absolute Gasteiger partial charge is 0.381 e. The lowest BCUT2D eigenvalue weighted by molar-refractivity contribution is -0.159. The first-order valence-corrected chi connectivity index (χ1v) is 9.38. The summed E-state index contributed by atoms with van der Waals surface area (Å²) in [6.07, 6.45) is 3.87. The van der Waals surface area contributed by atoms with Gasteiger partial charge in [0, 0.05) is 51.1 Å². The van der Waals surface area contributed by atoms with Crippen LogP contribution in [0.15, 0.2) is 12.3 Å². The monoisotopic (exact) mass is 348 g/mol. The van der Waals surface area contributed by atoms with Crippen molar-refractivity contribution in [2.75, 3.05) is 32.9 Å². The fraction of sp³-hybridized carbons (Fsp3) is 0.778. The van der Waals surface area contributed by atoms with Gasteiger partial charge in [0.25, 0.3) is 0 Å². The maximum Gasteiger partial charge on any atom is 0.249 e. The minimum atomic E-state index is 0.121. The van der Waals surface area contributed by atoms with Gasteiger partial charge in [0.15, 0.2) is 0 Å². The van der Waals surface area contributed by atoms with E-state index in [1.54, 1.807) is 0 Å². The highest BCUT2D eigenvalue weighted by atomic mass is 16.5. The van der Waals surface area contributed by atoms with Crippen molar-refractivity contribution in [2.45, 2.75) is 57.5 Å². The van der Waals surface area contributed by atoms with Gasteiger partial charge in [-0.3, -0.25) is 14.4 Å². The zero-order chi connectivity index (χ0) is 17.4. The molecule has 0 aromatic carbocycles. The van der Waals surface area contributed by atoms with E-state index in [0.29, 0.717) is 12.1 Å². The molecule has 0 unspecified atom stereocenters. The number of nitrogens with zero attached hydrogens (tertiary/aromatic N) is 4. The van der Waals surface area contributed by atoms with Gasteiger partial charge in [0.1, 0.15) is 6.61 Å². The molecule has 7 heteroatoms. The standard InChI is InChI=1S/C18H28N4O3/c1-13(2)22-15(3-6-19-22)9-20-10-16-17(11-20)25-12-18(23)21(16)14-4-7-24-8-5-14/h3,6,13-14,16-17H,4-5,7-12H2,1-2H3/t16-,17-/m0/s1. The molecule has 3 aliphatic heterocycles. The minimum Gasteiger partial charge on any atom is -0.381 e. The van der Waals surface area contributed by atoms with Crippen LogP contribution < -0.4 is 0 Å². The maximum absolute atomic E-state index is 12.5. The molecule has 4 rings (SSSR count). The molecule has 3 fully saturated rings. The second kappa shape index (κ2) is 7.05. The number of aromatic nitrogens is 2. The van der Waals surface area contributed by atoms with E-state index in [-0.39, 0.29) is 24.7 Å². The molecule has 4 heterocycles. The molecule has 1 aromatic rings. The number of likely N-dealkylation sites (tertiary alicyclic amines) is 1. The Labute approximate surface area is 148 Å². The first kappa shape index (κ1) is 17.0. The summed E-state index contributed by atoms with van der Waals surface area (Å²) in [5.74, 6) is 0.141. The normalized spacial score (nSPS) is 28.8. The summed E-state index contributed by atoms with van der Waals surface area (Å²) in [7, 11) is 0. The number of hydrogen-bond acceptors (Lipinski definition) is 5. The number of carbonyl (C=O) groups excluding carboxylic acids is 1. The van der Waals surface area contributed by atoms with Gasteiger partial charge in [-0.15, -0.1) is 0 Å². The average Bonchev–Trinajstić information content (AvgIpc) is 3.22. The van der Waals surface area contributed by atoms with E-state index < -0.39 is 0 Å². The number of morpholine rings is 1. The van der Waals surface area contributed by atoms with Gasteiger partial charge >= 0.3 is 0 Å². The predicted molar refractivity (Wildman–Crippen MR) is 92.1 cm³/mol. The van der Waals surface area contributed by atoms with Crippen LogP contribution >= 0.6 is 0 Å². The predicted octanol–water partition coefficient (Wildman–Crippen LogP) is 1.05. The topological polar surface area (TPSA) is 59.8 Å². The van der Waals surface area contributed by atoms with E-state index in [0.717, 1.165) is 45.7 Å². The van der Waals surface area contributed by atoms with Crippen LogP contribution in [-0.4, -0.2) is 76.6 Å². The Bertz CT molecular complexity index is 611. The summed E-state index contributed by atoms with van der Waals surface area (Å²) < 4.78 is 13.4. The molecule has 1 aromatic heterocycles. The molecule has 1 amide bonds. The quantitative estimate of drug-likeness (QED) is 0.814. The third-order valence-electron chi connectivity index (χ3n) is 5.59. The fourth-order valence-corrected chi connectivity index (χ4v) is 4.43. The van der Waals surface area contributed by atoms with Crippen LogP contribution in [0.5, 0.6) is 0 Å². The Morgan fingerprint density at radius 1 is 1.28 bits per heavy atom. The third-order valence-corrected chi connectivity index (χ3v) is 5.59. The molecule has 0 spiro atoms. The fourth-order valence-electron chi connectivity index (χ4n) is 4.43. The van der Waals surface area contributed by atoms with Gasteiger partial charge in [-0.1, -0.05) is 0 Å². The Kier molecular flexibility index (Phi) is 4.80. The summed E-state index contributed by atoms with van der Waals surface area (Å²) in [5, 5.41) is 4.43. The molecule has 0 bridgehead atoms.